The lowest BCUT2D eigenvalue weighted by molar-refractivity contribution is -0.141. The van der Waals surface area contributed by atoms with E-state index in [1.54, 1.807) is 12.1 Å². The Kier molecular flexibility index (Phi) is 6.41. The van der Waals surface area contributed by atoms with Crippen LogP contribution < -0.4 is 5.32 Å². The van der Waals surface area contributed by atoms with Crippen LogP contribution in [-0.4, -0.2) is 52.3 Å². The summed E-state index contributed by atoms with van der Waals surface area (Å²) in [5.41, 5.74) is -2.97. The third-order valence-electron chi connectivity index (χ3n) is 5.30. The van der Waals surface area contributed by atoms with E-state index < -0.39 is 84.8 Å². The van der Waals surface area contributed by atoms with Gasteiger partial charge in [-0.3, -0.25) is 19.5 Å². The molecule has 1 atom stereocenters. The maximum Gasteiger partial charge on any atom is 0.352 e. The Balaban J connectivity index is 1.67. The number of sulfone groups is 1. The smallest absolute Gasteiger partial charge is 0.352 e. The SMILES string of the molecule is O=C(/C=C/C1=C(C(=O)O)N2C(=O)/C(=C/c3ccccn3)[C@H]2S(=O)(=O)C1)Nc1c(F)c(F)c(F)c(F)c1F. The van der Waals surface area contributed by atoms with Gasteiger partial charge in [0.2, 0.25) is 11.7 Å². The number of benzene rings is 1. The number of nitrogens with zero attached hydrogens (tertiary/aromatic N) is 2. The van der Waals surface area contributed by atoms with Crippen molar-refractivity contribution < 1.29 is 49.9 Å². The number of allylic oxidation sites excluding steroid dienone is 1. The summed E-state index contributed by atoms with van der Waals surface area (Å²) in [5.74, 6) is -16.8. The number of β-lactam (4-membered cyclic amide) rings is 1. The highest BCUT2D eigenvalue weighted by Crippen LogP contribution is 2.41. The lowest BCUT2D eigenvalue weighted by atomic mass is 10.0. The molecule has 0 unspecified atom stereocenters. The number of nitrogens with one attached hydrogen (secondary N) is 1. The first-order valence-electron chi connectivity index (χ1n) is 9.99. The first-order valence-corrected chi connectivity index (χ1v) is 11.7. The molecule has 3 heterocycles. The van der Waals surface area contributed by atoms with Crippen molar-refractivity contribution in [3.05, 3.63) is 88.2 Å². The van der Waals surface area contributed by atoms with Gasteiger partial charge in [0.25, 0.3) is 5.91 Å². The molecule has 2 amide bonds. The third kappa shape index (κ3) is 4.37. The van der Waals surface area contributed by atoms with Crippen molar-refractivity contribution in [1.82, 2.24) is 9.88 Å². The molecule has 0 saturated carbocycles. The van der Waals surface area contributed by atoms with Gasteiger partial charge in [-0.2, -0.15) is 0 Å². The number of hydrogen-bond donors (Lipinski definition) is 2. The molecule has 15 heteroatoms. The standard InChI is InChI=1S/C22H12F5N3O6S/c23-13-14(24)16(26)18(17(27)15(13)25)29-12(31)5-4-9-8-37(35,36)21-11(7-10-3-1-2-6-28-10)20(32)30(21)19(9)22(33)34/h1-7,21H,8H2,(H,29,31)(H,33,34)/b5-4+,11-7-/t21-/m1/s1. The summed E-state index contributed by atoms with van der Waals surface area (Å²) in [6, 6.07) is 4.66. The number of carbonyl (C=O) groups is 3. The molecule has 1 aromatic carbocycles. The molecule has 0 bridgehead atoms. The van der Waals surface area contributed by atoms with Crippen molar-refractivity contribution in [2.24, 2.45) is 0 Å². The number of hydrogen-bond acceptors (Lipinski definition) is 6. The van der Waals surface area contributed by atoms with E-state index in [0.717, 1.165) is 0 Å². The van der Waals surface area contributed by atoms with Crippen LogP contribution in [0.1, 0.15) is 5.69 Å². The number of carboxylic acid groups (broad SMARTS) is 1. The third-order valence-corrected chi connectivity index (χ3v) is 7.15. The second-order valence-corrected chi connectivity index (χ2v) is 9.70. The van der Waals surface area contributed by atoms with Gasteiger partial charge < -0.3 is 10.4 Å². The molecular weight excluding hydrogens is 529 g/mol. The summed E-state index contributed by atoms with van der Waals surface area (Å²) in [5, 5.41) is 9.42. The molecule has 192 valence electrons. The van der Waals surface area contributed by atoms with Crippen LogP contribution in [0.3, 0.4) is 0 Å². The van der Waals surface area contributed by atoms with E-state index in [1.165, 1.54) is 23.7 Å². The highest BCUT2D eigenvalue weighted by Gasteiger charge is 2.56. The number of amides is 2. The highest BCUT2D eigenvalue weighted by molar-refractivity contribution is 7.92. The first kappa shape index (κ1) is 25.7. The summed E-state index contributed by atoms with van der Waals surface area (Å²) in [7, 11) is -4.23. The minimum absolute atomic E-state index is 0.232. The fourth-order valence-electron chi connectivity index (χ4n) is 3.69. The molecule has 2 aliphatic heterocycles. The van der Waals surface area contributed by atoms with E-state index in [9.17, 15) is 49.9 Å². The van der Waals surface area contributed by atoms with Crippen molar-refractivity contribution >= 4 is 39.4 Å². The molecule has 2 aliphatic rings. The molecule has 1 aromatic heterocycles. The molecule has 4 rings (SSSR count). The Hall–Kier alpha value is -4.40. The topological polar surface area (TPSA) is 134 Å². The van der Waals surface area contributed by atoms with Gasteiger partial charge in [-0.15, -0.1) is 0 Å². The van der Waals surface area contributed by atoms with Crippen LogP contribution in [0.4, 0.5) is 27.6 Å². The zero-order valence-electron chi connectivity index (χ0n) is 18.0. The quantitative estimate of drug-likeness (QED) is 0.195. The van der Waals surface area contributed by atoms with Crippen molar-refractivity contribution in [1.29, 1.82) is 0 Å². The van der Waals surface area contributed by atoms with Gasteiger partial charge in [-0.05, 0) is 23.8 Å². The lowest BCUT2D eigenvalue weighted by Crippen LogP contribution is -2.62. The second kappa shape index (κ2) is 9.24. The Labute approximate surface area is 204 Å². The summed E-state index contributed by atoms with van der Waals surface area (Å²) >= 11 is 0. The fraction of sp³-hybridized carbons (Fsp3) is 0.0909. The van der Waals surface area contributed by atoms with Crippen LogP contribution in [0.2, 0.25) is 0 Å². The Bertz CT molecular complexity index is 1540. The average molecular weight is 541 g/mol. The summed E-state index contributed by atoms with van der Waals surface area (Å²) in [4.78, 5) is 41.1. The molecule has 1 fully saturated rings. The Morgan fingerprint density at radius 3 is 2.24 bits per heavy atom. The van der Waals surface area contributed by atoms with Crippen molar-refractivity contribution in [2.45, 2.75) is 5.37 Å². The summed E-state index contributed by atoms with van der Waals surface area (Å²) in [6.07, 6.45) is 3.65. The van der Waals surface area contributed by atoms with E-state index in [-0.39, 0.29) is 11.3 Å². The maximum atomic E-state index is 13.8. The van der Waals surface area contributed by atoms with E-state index in [4.69, 9.17) is 0 Å². The molecule has 0 spiro atoms. The number of carbonyl (C=O) groups excluding carboxylic acids is 2. The largest absolute Gasteiger partial charge is 0.477 e. The van der Waals surface area contributed by atoms with Gasteiger partial charge in [-0.25, -0.2) is 35.2 Å². The molecule has 2 N–H and O–H groups in total. The molecule has 0 aliphatic carbocycles. The molecular formula is C22H12F5N3O6S. The summed E-state index contributed by atoms with van der Waals surface area (Å²) < 4.78 is 93.1. The zero-order chi connectivity index (χ0) is 27.2. The average Bonchev–Trinajstić information content (AvgIpc) is 2.85. The van der Waals surface area contributed by atoms with Crippen molar-refractivity contribution in [3.63, 3.8) is 0 Å². The minimum Gasteiger partial charge on any atom is -0.477 e. The van der Waals surface area contributed by atoms with Gasteiger partial charge in [0.1, 0.15) is 11.4 Å². The normalized spacial score (nSPS) is 19.7. The van der Waals surface area contributed by atoms with Crippen LogP contribution in [0, 0.1) is 29.1 Å². The van der Waals surface area contributed by atoms with Gasteiger partial charge in [-0.1, -0.05) is 12.1 Å². The van der Waals surface area contributed by atoms with Crippen molar-refractivity contribution in [3.8, 4) is 0 Å². The summed E-state index contributed by atoms with van der Waals surface area (Å²) in [6.45, 7) is 0. The fourth-order valence-corrected chi connectivity index (χ4v) is 5.60. The Morgan fingerprint density at radius 1 is 1.05 bits per heavy atom. The number of fused-ring (bicyclic) bond motifs is 1. The number of halogens is 5. The lowest BCUT2D eigenvalue weighted by Gasteiger charge is -2.45. The molecule has 37 heavy (non-hydrogen) atoms. The van der Waals surface area contributed by atoms with Gasteiger partial charge in [0, 0.05) is 12.3 Å². The number of aromatic nitrogens is 1. The molecule has 1 saturated heterocycles. The predicted molar refractivity (Wildman–Crippen MR) is 115 cm³/mol. The van der Waals surface area contributed by atoms with Crippen LogP contribution in [0.15, 0.2) is 53.4 Å². The maximum absolute atomic E-state index is 13.8. The number of anilines is 1. The van der Waals surface area contributed by atoms with E-state index in [2.05, 4.69) is 4.98 Å². The van der Waals surface area contributed by atoms with Crippen LogP contribution in [0.25, 0.3) is 6.08 Å². The zero-order valence-corrected chi connectivity index (χ0v) is 18.8. The monoisotopic (exact) mass is 541 g/mol. The first-order chi connectivity index (χ1) is 17.3. The van der Waals surface area contributed by atoms with Crippen LogP contribution in [0.5, 0.6) is 0 Å². The number of carboxylic acids is 1. The number of pyridine rings is 1. The van der Waals surface area contributed by atoms with Crippen molar-refractivity contribution in [2.75, 3.05) is 11.1 Å². The van der Waals surface area contributed by atoms with Crippen LogP contribution in [-0.2, 0) is 24.2 Å². The van der Waals surface area contributed by atoms with Gasteiger partial charge in [0.15, 0.2) is 38.5 Å². The molecule has 9 nitrogen and oxygen atoms in total. The second-order valence-electron chi connectivity index (χ2n) is 7.64. The van der Waals surface area contributed by atoms with E-state index in [1.807, 2.05) is 0 Å². The highest BCUT2D eigenvalue weighted by atomic mass is 32.2. The number of rotatable bonds is 5. The Morgan fingerprint density at radius 2 is 1.68 bits per heavy atom. The molecule has 0 radical (unpaired) electrons. The van der Waals surface area contributed by atoms with Crippen LogP contribution >= 0.6 is 0 Å². The van der Waals surface area contributed by atoms with E-state index in [0.29, 0.717) is 17.1 Å². The van der Waals surface area contributed by atoms with E-state index >= 15 is 0 Å². The predicted octanol–water partition coefficient (Wildman–Crippen LogP) is 2.29. The minimum atomic E-state index is -4.23. The van der Waals surface area contributed by atoms with Gasteiger partial charge >= 0.3 is 5.97 Å². The number of aliphatic carboxylic acids is 1. The van der Waals surface area contributed by atoms with Gasteiger partial charge in [0.05, 0.1) is 17.0 Å². The molecule has 2 aromatic rings.